The number of nitrogens with zero attached hydrogens (tertiary/aromatic N) is 2. The first-order valence-corrected chi connectivity index (χ1v) is 10.7. The minimum Gasteiger partial charge on any atom is -0.282 e. The highest BCUT2D eigenvalue weighted by molar-refractivity contribution is 7.99. The van der Waals surface area contributed by atoms with Gasteiger partial charge in [-0.25, -0.2) is 4.98 Å². The van der Waals surface area contributed by atoms with Crippen molar-refractivity contribution in [2.45, 2.75) is 35.7 Å². The number of rotatable bonds is 5. The summed E-state index contributed by atoms with van der Waals surface area (Å²) >= 11 is 3.29. The van der Waals surface area contributed by atoms with Gasteiger partial charge in [-0.2, -0.15) is 0 Å². The summed E-state index contributed by atoms with van der Waals surface area (Å²) in [7, 11) is 0. The Morgan fingerprint density at radius 1 is 1.12 bits per heavy atom. The van der Waals surface area contributed by atoms with Crippen LogP contribution in [0.15, 0.2) is 69.4 Å². The van der Waals surface area contributed by atoms with Crippen molar-refractivity contribution in [1.29, 1.82) is 0 Å². The second-order valence-electron chi connectivity index (χ2n) is 6.42. The van der Waals surface area contributed by atoms with Crippen molar-refractivity contribution in [3.05, 3.63) is 87.3 Å². The molecule has 26 heavy (non-hydrogen) atoms. The van der Waals surface area contributed by atoms with Crippen LogP contribution in [0.25, 0.3) is 0 Å². The van der Waals surface area contributed by atoms with Crippen molar-refractivity contribution in [2.24, 2.45) is 0 Å². The Labute approximate surface area is 161 Å². The summed E-state index contributed by atoms with van der Waals surface area (Å²) in [6.45, 7) is 2.67. The van der Waals surface area contributed by atoms with Crippen molar-refractivity contribution in [1.82, 2.24) is 9.55 Å². The monoisotopic (exact) mass is 380 g/mol. The maximum absolute atomic E-state index is 13.0. The minimum atomic E-state index is 0.105. The molecule has 1 aliphatic heterocycles. The lowest BCUT2D eigenvalue weighted by molar-refractivity contribution is 0.616. The van der Waals surface area contributed by atoms with Gasteiger partial charge in [0.25, 0.3) is 5.56 Å². The highest BCUT2D eigenvalue weighted by Gasteiger charge is 2.21. The SMILES string of the molecule is Cc1cccc(CSc2nc3c(c(=O)n2Cc2ccccc2)SCC3)c1. The number of thioether (sulfide) groups is 2. The molecule has 3 nitrogen and oxygen atoms in total. The molecule has 0 bridgehead atoms. The fraction of sp³-hybridized carbons (Fsp3) is 0.238. The Bertz CT molecular complexity index is 983. The largest absolute Gasteiger partial charge is 0.282 e. The third kappa shape index (κ3) is 3.74. The van der Waals surface area contributed by atoms with Gasteiger partial charge in [0.1, 0.15) is 0 Å². The van der Waals surface area contributed by atoms with Crippen LogP contribution in [-0.2, 0) is 18.7 Å². The highest BCUT2D eigenvalue weighted by Crippen LogP contribution is 2.30. The van der Waals surface area contributed by atoms with Gasteiger partial charge in [0.05, 0.1) is 17.1 Å². The Balaban J connectivity index is 1.68. The van der Waals surface area contributed by atoms with Crippen molar-refractivity contribution >= 4 is 23.5 Å². The summed E-state index contributed by atoms with van der Waals surface area (Å²) in [5.41, 5.74) is 4.70. The van der Waals surface area contributed by atoms with E-state index in [4.69, 9.17) is 4.98 Å². The van der Waals surface area contributed by atoms with E-state index in [1.54, 1.807) is 23.5 Å². The van der Waals surface area contributed by atoms with Crippen molar-refractivity contribution in [2.75, 3.05) is 5.75 Å². The van der Waals surface area contributed by atoms with E-state index < -0.39 is 0 Å². The second-order valence-corrected chi connectivity index (χ2v) is 8.47. The van der Waals surface area contributed by atoms with Gasteiger partial charge in [-0.15, -0.1) is 11.8 Å². The summed E-state index contributed by atoms with van der Waals surface area (Å²) in [6.07, 6.45) is 0.888. The van der Waals surface area contributed by atoms with Crippen LogP contribution in [0, 0.1) is 6.92 Å². The molecule has 0 aliphatic carbocycles. The minimum absolute atomic E-state index is 0.105. The van der Waals surface area contributed by atoms with Crippen LogP contribution in [0.5, 0.6) is 0 Å². The molecule has 2 heterocycles. The maximum Gasteiger partial charge on any atom is 0.268 e. The summed E-state index contributed by atoms with van der Waals surface area (Å²) in [5, 5.41) is 0.821. The van der Waals surface area contributed by atoms with E-state index in [1.807, 2.05) is 22.8 Å². The Morgan fingerprint density at radius 3 is 2.73 bits per heavy atom. The van der Waals surface area contributed by atoms with Crippen molar-refractivity contribution in [3.63, 3.8) is 0 Å². The van der Waals surface area contributed by atoms with E-state index >= 15 is 0 Å². The van der Waals surface area contributed by atoms with Gasteiger partial charge in [-0.3, -0.25) is 9.36 Å². The molecule has 2 aromatic carbocycles. The first kappa shape index (κ1) is 17.4. The number of hydrogen-bond acceptors (Lipinski definition) is 4. The van der Waals surface area contributed by atoms with Crippen molar-refractivity contribution in [3.8, 4) is 0 Å². The lowest BCUT2D eigenvalue weighted by Gasteiger charge is -2.14. The van der Waals surface area contributed by atoms with Gasteiger partial charge < -0.3 is 0 Å². The third-order valence-electron chi connectivity index (χ3n) is 4.38. The molecule has 1 aliphatic rings. The molecule has 0 unspecified atom stereocenters. The van der Waals surface area contributed by atoms with Crippen LogP contribution in [0.3, 0.4) is 0 Å². The summed E-state index contributed by atoms with van der Waals surface area (Å²) < 4.78 is 1.84. The molecule has 0 saturated carbocycles. The summed E-state index contributed by atoms with van der Waals surface area (Å²) in [5.74, 6) is 1.77. The zero-order valence-corrected chi connectivity index (χ0v) is 16.3. The lowest BCUT2D eigenvalue weighted by Crippen LogP contribution is -2.25. The van der Waals surface area contributed by atoms with Crippen LogP contribution in [0.1, 0.15) is 22.4 Å². The highest BCUT2D eigenvalue weighted by atomic mass is 32.2. The van der Waals surface area contributed by atoms with Gasteiger partial charge in [0.2, 0.25) is 0 Å². The van der Waals surface area contributed by atoms with Gasteiger partial charge in [0, 0.05) is 17.9 Å². The zero-order valence-electron chi connectivity index (χ0n) is 14.6. The zero-order chi connectivity index (χ0) is 17.9. The van der Waals surface area contributed by atoms with Crippen LogP contribution in [0.4, 0.5) is 0 Å². The van der Waals surface area contributed by atoms with Gasteiger partial charge in [-0.05, 0) is 18.1 Å². The Hall–Kier alpha value is -1.98. The molecule has 1 aromatic heterocycles. The van der Waals surface area contributed by atoms with E-state index in [0.29, 0.717) is 6.54 Å². The number of fused-ring (bicyclic) bond motifs is 1. The molecule has 0 fully saturated rings. The van der Waals surface area contributed by atoms with Crippen LogP contribution in [0.2, 0.25) is 0 Å². The Kier molecular flexibility index (Phi) is 5.18. The van der Waals surface area contributed by atoms with Gasteiger partial charge in [-0.1, -0.05) is 71.9 Å². The topological polar surface area (TPSA) is 34.9 Å². The molecule has 0 spiro atoms. The quantitative estimate of drug-likeness (QED) is 0.481. The van der Waals surface area contributed by atoms with E-state index in [9.17, 15) is 4.79 Å². The van der Waals surface area contributed by atoms with Gasteiger partial charge >= 0.3 is 0 Å². The average molecular weight is 381 g/mol. The number of hydrogen-bond donors (Lipinski definition) is 0. The first-order valence-electron chi connectivity index (χ1n) is 8.69. The second kappa shape index (κ2) is 7.72. The molecular formula is C21H20N2OS2. The normalized spacial score (nSPS) is 13.0. The van der Waals surface area contributed by atoms with Gasteiger partial charge in [0.15, 0.2) is 5.16 Å². The molecule has 0 amide bonds. The molecule has 5 heteroatoms. The average Bonchev–Trinajstić information content (AvgIpc) is 3.12. The standard InChI is InChI=1S/C21H20N2OS2/c1-15-6-5-9-17(12-15)14-26-21-22-18-10-11-25-19(18)20(24)23(21)13-16-7-3-2-4-8-16/h2-9,12H,10-11,13-14H2,1H3. The molecule has 0 N–H and O–H groups in total. The smallest absolute Gasteiger partial charge is 0.268 e. The first-order chi connectivity index (χ1) is 12.7. The number of aryl methyl sites for hydroxylation is 2. The van der Waals surface area contributed by atoms with E-state index in [-0.39, 0.29) is 5.56 Å². The molecule has 0 saturated heterocycles. The number of benzene rings is 2. The third-order valence-corrected chi connectivity index (χ3v) is 6.54. The fourth-order valence-electron chi connectivity index (χ4n) is 3.09. The van der Waals surface area contributed by atoms with Crippen LogP contribution >= 0.6 is 23.5 Å². The molecule has 132 valence electrons. The molecule has 4 rings (SSSR count). The fourth-order valence-corrected chi connectivity index (χ4v) is 5.09. The predicted octanol–water partition coefficient (Wildman–Crippen LogP) is 4.54. The molecule has 3 aromatic rings. The molecular weight excluding hydrogens is 360 g/mol. The van der Waals surface area contributed by atoms with E-state index in [1.165, 1.54) is 11.1 Å². The summed E-state index contributed by atoms with van der Waals surface area (Å²) in [4.78, 5) is 18.7. The lowest BCUT2D eigenvalue weighted by atomic mass is 10.2. The predicted molar refractivity (Wildman–Crippen MR) is 109 cm³/mol. The molecule has 0 radical (unpaired) electrons. The summed E-state index contributed by atoms with van der Waals surface area (Å²) in [6, 6.07) is 18.6. The van der Waals surface area contributed by atoms with Crippen molar-refractivity contribution < 1.29 is 0 Å². The maximum atomic E-state index is 13.0. The Morgan fingerprint density at radius 2 is 1.92 bits per heavy atom. The van der Waals surface area contributed by atoms with Crippen LogP contribution in [-0.4, -0.2) is 15.3 Å². The van der Waals surface area contributed by atoms with E-state index in [0.717, 1.165) is 39.2 Å². The van der Waals surface area contributed by atoms with Crippen LogP contribution < -0.4 is 5.56 Å². The van der Waals surface area contributed by atoms with E-state index in [2.05, 4.69) is 43.3 Å². The molecule has 0 atom stereocenters. The number of aromatic nitrogens is 2.